The predicted molar refractivity (Wildman–Crippen MR) is 179 cm³/mol. The van der Waals surface area contributed by atoms with Crippen molar-refractivity contribution < 1.29 is 0 Å². The molecule has 0 unspecified atom stereocenters. The Bertz CT molecular complexity index is 2100. The van der Waals surface area contributed by atoms with Crippen molar-refractivity contribution in [1.29, 1.82) is 0 Å². The molecule has 0 bridgehead atoms. The Morgan fingerprint density at radius 3 is 1.88 bits per heavy atom. The van der Waals surface area contributed by atoms with Crippen LogP contribution in [-0.2, 0) is 5.41 Å². The van der Waals surface area contributed by atoms with Crippen LogP contribution in [0.1, 0.15) is 25.0 Å². The first-order valence-electron chi connectivity index (χ1n) is 14.7. The average Bonchev–Trinajstić information content (AvgIpc) is 3.28. The third-order valence-corrected chi connectivity index (χ3v) is 9.03. The fourth-order valence-electron chi connectivity index (χ4n) is 6.85. The van der Waals surface area contributed by atoms with E-state index in [9.17, 15) is 0 Å². The summed E-state index contributed by atoms with van der Waals surface area (Å²) in [6.45, 7) is 4.70. The number of fused-ring (bicyclic) bond motifs is 6. The Morgan fingerprint density at radius 1 is 0.429 bits per heavy atom. The van der Waals surface area contributed by atoms with E-state index in [0.717, 1.165) is 17.1 Å². The van der Waals surface area contributed by atoms with Crippen LogP contribution in [0.4, 0.5) is 17.1 Å². The summed E-state index contributed by atoms with van der Waals surface area (Å²) < 4.78 is 0. The van der Waals surface area contributed by atoms with Gasteiger partial charge in [-0.2, -0.15) is 0 Å². The van der Waals surface area contributed by atoms with Gasteiger partial charge < -0.3 is 4.90 Å². The summed E-state index contributed by atoms with van der Waals surface area (Å²) in [5.74, 6) is 0. The second-order valence-corrected chi connectivity index (χ2v) is 11.8. The normalized spacial score (nSPS) is 13.2. The zero-order chi connectivity index (χ0) is 28.3. The third-order valence-electron chi connectivity index (χ3n) is 9.03. The van der Waals surface area contributed by atoms with Gasteiger partial charge in [-0.3, -0.25) is 0 Å². The van der Waals surface area contributed by atoms with Crippen LogP contribution in [0, 0.1) is 0 Å². The number of hydrogen-bond acceptors (Lipinski definition) is 1. The molecule has 42 heavy (non-hydrogen) atoms. The van der Waals surface area contributed by atoms with Gasteiger partial charge in [0.2, 0.25) is 0 Å². The van der Waals surface area contributed by atoms with Crippen molar-refractivity contribution in [3.63, 3.8) is 0 Å². The van der Waals surface area contributed by atoms with Crippen molar-refractivity contribution in [2.45, 2.75) is 19.3 Å². The van der Waals surface area contributed by atoms with Crippen LogP contribution in [0.2, 0.25) is 0 Å². The second kappa shape index (κ2) is 9.46. The first kappa shape index (κ1) is 24.6. The monoisotopic (exact) mass is 537 g/mol. The van der Waals surface area contributed by atoms with Gasteiger partial charge in [0.1, 0.15) is 0 Å². The van der Waals surface area contributed by atoms with E-state index in [1.54, 1.807) is 0 Å². The molecule has 0 aliphatic heterocycles. The average molecular weight is 538 g/mol. The Labute approximate surface area is 247 Å². The van der Waals surface area contributed by atoms with E-state index in [-0.39, 0.29) is 5.41 Å². The molecule has 0 atom stereocenters. The molecule has 0 amide bonds. The van der Waals surface area contributed by atoms with Crippen molar-refractivity contribution in [3.8, 4) is 22.3 Å². The standard InChI is InChI=1S/C41H31N/c1-41(2)38-15-9-8-14-36(38)40-37-27-35(24-20-30(37)21-25-39(40)41)42(33-12-4-3-5-13-33)34-22-18-29(19-23-34)32-17-16-28-10-6-7-11-31(28)26-32/h3-27H,1-2H3. The SMILES string of the molecule is CC1(C)c2ccccc2-c2c1ccc1ccc(N(c3ccccc3)c3ccc(-c4ccc5ccccc5c4)cc3)cc21. The molecular formula is C41H31N. The molecule has 0 N–H and O–H groups in total. The minimum atomic E-state index is -0.0200. The van der Waals surface area contributed by atoms with E-state index in [0.29, 0.717) is 0 Å². The van der Waals surface area contributed by atoms with Gasteiger partial charge in [0.05, 0.1) is 0 Å². The van der Waals surface area contributed by atoms with Crippen molar-refractivity contribution in [3.05, 3.63) is 163 Å². The van der Waals surface area contributed by atoms with Crippen LogP contribution in [-0.4, -0.2) is 0 Å². The Morgan fingerprint density at radius 2 is 1.05 bits per heavy atom. The molecule has 7 aromatic rings. The van der Waals surface area contributed by atoms with Gasteiger partial charge in [0.25, 0.3) is 0 Å². The molecule has 7 aromatic carbocycles. The van der Waals surface area contributed by atoms with Gasteiger partial charge in [0, 0.05) is 22.5 Å². The molecule has 0 heterocycles. The van der Waals surface area contributed by atoms with Gasteiger partial charge in [-0.05, 0) is 97.4 Å². The lowest BCUT2D eigenvalue weighted by Gasteiger charge is -2.26. The molecule has 1 nitrogen and oxygen atoms in total. The van der Waals surface area contributed by atoms with Crippen LogP contribution >= 0.6 is 0 Å². The highest BCUT2D eigenvalue weighted by atomic mass is 15.1. The van der Waals surface area contributed by atoms with Crippen LogP contribution in [0.15, 0.2) is 152 Å². The molecule has 0 fully saturated rings. The van der Waals surface area contributed by atoms with Crippen LogP contribution < -0.4 is 4.90 Å². The van der Waals surface area contributed by atoms with Gasteiger partial charge in [0.15, 0.2) is 0 Å². The maximum Gasteiger partial charge on any atom is 0.0468 e. The first-order valence-corrected chi connectivity index (χ1v) is 14.7. The highest BCUT2D eigenvalue weighted by Crippen LogP contribution is 2.51. The molecule has 0 aromatic heterocycles. The topological polar surface area (TPSA) is 3.24 Å². The van der Waals surface area contributed by atoms with E-state index in [1.165, 1.54) is 54.9 Å². The van der Waals surface area contributed by atoms with Crippen LogP contribution in [0.3, 0.4) is 0 Å². The highest BCUT2D eigenvalue weighted by molar-refractivity contribution is 6.04. The summed E-state index contributed by atoms with van der Waals surface area (Å²) in [4.78, 5) is 2.37. The maximum absolute atomic E-state index is 2.39. The second-order valence-electron chi connectivity index (χ2n) is 11.8. The molecule has 1 aliphatic rings. The lowest BCUT2D eigenvalue weighted by Crippen LogP contribution is -2.14. The van der Waals surface area contributed by atoms with Crippen molar-refractivity contribution in [2.75, 3.05) is 4.90 Å². The predicted octanol–water partition coefficient (Wildman–Crippen LogP) is 11.4. The zero-order valence-corrected chi connectivity index (χ0v) is 23.9. The summed E-state index contributed by atoms with van der Waals surface area (Å²) in [5.41, 5.74) is 11.4. The van der Waals surface area contributed by atoms with Crippen molar-refractivity contribution in [2.24, 2.45) is 0 Å². The minimum Gasteiger partial charge on any atom is -0.310 e. The molecule has 200 valence electrons. The van der Waals surface area contributed by atoms with E-state index in [4.69, 9.17) is 0 Å². The van der Waals surface area contributed by atoms with E-state index in [2.05, 4.69) is 170 Å². The molecule has 0 saturated carbocycles. The van der Waals surface area contributed by atoms with Crippen LogP contribution in [0.25, 0.3) is 43.8 Å². The smallest absolute Gasteiger partial charge is 0.0468 e. The molecule has 0 spiro atoms. The highest BCUT2D eigenvalue weighted by Gasteiger charge is 2.36. The number of para-hydroxylation sites is 1. The van der Waals surface area contributed by atoms with Gasteiger partial charge in [-0.1, -0.05) is 123 Å². The number of hydrogen-bond donors (Lipinski definition) is 0. The van der Waals surface area contributed by atoms with Crippen molar-refractivity contribution in [1.82, 2.24) is 0 Å². The number of anilines is 3. The molecule has 1 heteroatoms. The zero-order valence-electron chi connectivity index (χ0n) is 23.9. The summed E-state index contributed by atoms with van der Waals surface area (Å²) >= 11 is 0. The van der Waals surface area contributed by atoms with Gasteiger partial charge in [-0.15, -0.1) is 0 Å². The third kappa shape index (κ3) is 3.85. The van der Waals surface area contributed by atoms with E-state index >= 15 is 0 Å². The molecule has 0 saturated heterocycles. The first-order chi connectivity index (χ1) is 20.6. The Kier molecular flexibility index (Phi) is 5.55. The Balaban J connectivity index is 1.27. The molecule has 0 radical (unpaired) electrons. The number of benzene rings is 7. The summed E-state index contributed by atoms with van der Waals surface area (Å²) in [6, 6.07) is 55.4. The summed E-state index contributed by atoms with van der Waals surface area (Å²) in [7, 11) is 0. The molecular weight excluding hydrogens is 506 g/mol. The quantitative estimate of drug-likeness (QED) is 0.216. The van der Waals surface area contributed by atoms with Gasteiger partial charge in [-0.25, -0.2) is 0 Å². The fourth-order valence-corrected chi connectivity index (χ4v) is 6.85. The van der Waals surface area contributed by atoms with E-state index < -0.39 is 0 Å². The molecule has 8 rings (SSSR count). The lowest BCUT2D eigenvalue weighted by molar-refractivity contribution is 0.661. The minimum absolute atomic E-state index is 0.0200. The van der Waals surface area contributed by atoms with Crippen molar-refractivity contribution >= 4 is 38.6 Å². The fraction of sp³-hybridized carbons (Fsp3) is 0.0732. The number of rotatable bonds is 4. The van der Waals surface area contributed by atoms with Gasteiger partial charge >= 0.3 is 0 Å². The van der Waals surface area contributed by atoms with E-state index in [1.807, 2.05) is 0 Å². The lowest BCUT2D eigenvalue weighted by atomic mass is 9.82. The molecule has 1 aliphatic carbocycles. The summed E-state index contributed by atoms with van der Waals surface area (Å²) in [6.07, 6.45) is 0. The summed E-state index contributed by atoms with van der Waals surface area (Å²) in [5, 5.41) is 5.10. The Hall–Kier alpha value is -5.14. The maximum atomic E-state index is 2.39. The number of nitrogens with zero attached hydrogens (tertiary/aromatic N) is 1. The van der Waals surface area contributed by atoms with Crippen LogP contribution in [0.5, 0.6) is 0 Å². The largest absolute Gasteiger partial charge is 0.310 e.